The second kappa shape index (κ2) is 6.74. The molecule has 3 unspecified atom stereocenters. The van der Waals surface area contributed by atoms with Crippen LogP contribution < -0.4 is 0 Å². The topological polar surface area (TPSA) is 40.6 Å². The third-order valence-electron chi connectivity index (χ3n) is 8.90. The van der Waals surface area contributed by atoms with Gasteiger partial charge in [0, 0.05) is 49.8 Å². The molecule has 1 aliphatic heterocycles. The molecule has 3 fully saturated rings. The van der Waals surface area contributed by atoms with Crippen LogP contribution >= 0.6 is 0 Å². The van der Waals surface area contributed by atoms with E-state index in [0.717, 1.165) is 38.9 Å². The second-order valence-corrected chi connectivity index (χ2v) is 9.99. The van der Waals surface area contributed by atoms with E-state index in [1.807, 2.05) is 11.0 Å². The van der Waals surface area contributed by atoms with Crippen molar-refractivity contribution in [3.63, 3.8) is 0 Å². The highest BCUT2D eigenvalue weighted by atomic mass is 16.2. The van der Waals surface area contributed by atoms with Crippen molar-refractivity contribution in [3.05, 3.63) is 23.9 Å². The van der Waals surface area contributed by atoms with Crippen molar-refractivity contribution in [2.75, 3.05) is 26.7 Å². The Morgan fingerprint density at radius 3 is 2.57 bits per heavy atom. The summed E-state index contributed by atoms with van der Waals surface area (Å²) in [4.78, 5) is 29.6. The van der Waals surface area contributed by atoms with E-state index < -0.39 is 0 Å². The highest BCUT2D eigenvalue weighted by Gasteiger charge is 2.61. The highest BCUT2D eigenvalue weighted by molar-refractivity contribution is 6.01. The number of amides is 1. The van der Waals surface area contributed by atoms with Crippen LogP contribution in [0.4, 0.5) is 0 Å². The van der Waals surface area contributed by atoms with Crippen LogP contribution in [-0.4, -0.2) is 48.2 Å². The van der Waals surface area contributed by atoms with Crippen LogP contribution in [0.15, 0.2) is 23.9 Å². The molecule has 0 spiro atoms. The molecular weight excluding hydrogens is 348 g/mol. The summed E-state index contributed by atoms with van der Waals surface area (Å²) >= 11 is 0. The van der Waals surface area contributed by atoms with E-state index >= 15 is 0 Å². The van der Waals surface area contributed by atoms with Crippen molar-refractivity contribution in [2.24, 2.45) is 34.5 Å². The average Bonchev–Trinajstić information content (AvgIpc) is 3.01. The van der Waals surface area contributed by atoms with E-state index in [2.05, 4.69) is 45.7 Å². The van der Waals surface area contributed by atoms with Crippen molar-refractivity contribution in [3.8, 4) is 0 Å². The third-order valence-corrected chi connectivity index (χ3v) is 8.90. The van der Waals surface area contributed by atoms with E-state index in [1.54, 1.807) is 6.08 Å². The molecule has 1 heterocycles. The van der Waals surface area contributed by atoms with Gasteiger partial charge in [-0.1, -0.05) is 19.9 Å². The lowest BCUT2D eigenvalue weighted by Crippen LogP contribution is -2.57. The number of allylic oxidation sites excluding steroid dienone is 3. The number of hydrogen-bond donors (Lipinski definition) is 0. The number of nitrogens with zero attached hydrogens (tertiary/aromatic N) is 2. The van der Waals surface area contributed by atoms with Gasteiger partial charge in [0.15, 0.2) is 5.78 Å². The Labute approximate surface area is 170 Å². The highest BCUT2D eigenvalue weighted by Crippen LogP contribution is 2.64. The predicted molar refractivity (Wildman–Crippen MR) is 111 cm³/mol. The number of likely N-dealkylation sites (tertiary alicyclic amines) is 1. The van der Waals surface area contributed by atoms with E-state index in [-0.39, 0.29) is 22.5 Å². The minimum absolute atomic E-state index is 0.0477. The van der Waals surface area contributed by atoms with Gasteiger partial charge in [-0.3, -0.25) is 9.59 Å². The van der Waals surface area contributed by atoms with Crippen LogP contribution in [0.5, 0.6) is 0 Å². The molecule has 0 aromatic rings. The Bertz CT molecular complexity index is 737. The number of piperidine rings is 1. The standard InChI is InChI=1S/C24H36N2O2/c1-6-26(7-2)22(28)20-9-8-18-17-15-25(5)21-14-16(27)10-12-24(21,4)19(17)11-13-23(18,20)3/h10,12,14,17-20H,6-9,11,13,15H2,1-5H3/t17?,18?,19?,20-,23+,24-/m1/s1. The molecule has 6 atom stereocenters. The molecule has 1 saturated heterocycles. The first kappa shape index (κ1) is 19.7. The fourth-order valence-electron chi connectivity index (χ4n) is 7.38. The first-order chi connectivity index (χ1) is 13.3. The summed E-state index contributed by atoms with van der Waals surface area (Å²) in [5.74, 6) is 2.44. The van der Waals surface area contributed by atoms with Crippen molar-refractivity contribution < 1.29 is 9.59 Å². The van der Waals surface area contributed by atoms with Gasteiger partial charge in [-0.25, -0.2) is 0 Å². The van der Waals surface area contributed by atoms with Crippen LogP contribution in [0.25, 0.3) is 0 Å². The number of fused-ring (bicyclic) bond motifs is 5. The van der Waals surface area contributed by atoms with Crippen molar-refractivity contribution >= 4 is 11.7 Å². The lowest BCUT2D eigenvalue weighted by Gasteiger charge is -2.59. The Morgan fingerprint density at radius 2 is 1.89 bits per heavy atom. The first-order valence-corrected chi connectivity index (χ1v) is 11.2. The van der Waals surface area contributed by atoms with Crippen molar-refractivity contribution in [1.82, 2.24) is 9.80 Å². The van der Waals surface area contributed by atoms with Crippen LogP contribution in [0.2, 0.25) is 0 Å². The van der Waals surface area contributed by atoms with Crippen LogP contribution in [0.1, 0.15) is 53.4 Å². The molecule has 4 rings (SSSR count). The summed E-state index contributed by atoms with van der Waals surface area (Å²) in [6.07, 6.45) is 10.3. The minimum atomic E-state index is -0.0477. The van der Waals surface area contributed by atoms with E-state index in [1.165, 1.54) is 12.1 Å². The quantitative estimate of drug-likeness (QED) is 0.741. The molecule has 0 aromatic carbocycles. The third kappa shape index (κ3) is 2.63. The van der Waals surface area contributed by atoms with E-state index in [4.69, 9.17) is 0 Å². The Balaban J connectivity index is 1.64. The molecular formula is C24H36N2O2. The number of carbonyl (C=O) groups excluding carboxylic acids is 2. The van der Waals surface area contributed by atoms with Gasteiger partial charge in [-0.2, -0.15) is 0 Å². The maximum atomic E-state index is 13.3. The monoisotopic (exact) mass is 384 g/mol. The zero-order valence-corrected chi connectivity index (χ0v) is 18.2. The number of rotatable bonds is 3. The Morgan fingerprint density at radius 1 is 1.18 bits per heavy atom. The van der Waals surface area contributed by atoms with Gasteiger partial charge in [0.25, 0.3) is 0 Å². The van der Waals surface area contributed by atoms with Crippen LogP contribution in [0.3, 0.4) is 0 Å². The maximum absolute atomic E-state index is 13.3. The van der Waals surface area contributed by atoms with Gasteiger partial charge < -0.3 is 9.80 Å². The van der Waals surface area contributed by atoms with Crippen molar-refractivity contribution in [1.29, 1.82) is 0 Å². The smallest absolute Gasteiger partial charge is 0.226 e. The zero-order chi connectivity index (χ0) is 20.3. The summed E-state index contributed by atoms with van der Waals surface area (Å²) in [6.45, 7) is 11.5. The molecule has 0 radical (unpaired) electrons. The average molecular weight is 385 g/mol. The number of carbonyl (C=O) groups is 2. The molecule has 3 aliphatic carbocycles. The van der Waals surface area contributed by atoms with Gasteiger partial charge >= 0.3 is 0 Å². The molecule has 1 amide bonds. The Hall–Kier alpha value is -1.58. The van der Waals surface area contributed by atoms with E-state index in [9.17, 15) is 9.59 Å². The van der Waals surface area contributed by atoms with Gasteiger partial charge in [-0.15, -0.1) is 0 Å². The summed E-state index contributed by atoms with van der Waals surface area (Å²) in [5, 5.41) is 0. The van der Waals surface area contributed by atoms with Gasteiger partial charge in [0.1, 0.15) is 0 Å². The number of hydrogen-bond acceptors (Lipinski definition) is 3. The lowest BCUT2D eigenvalue weighted by atomic mass is 9.50. The van der Waals surface area contributed by atoms with Gasteiger partial charge in [0.2, 0.25) is 5.91 Å². The van der Waals surface area contributed by atoms with Crippen molar-refractivity contribution in [2.45, 2.75) is 53.4 Å². The van der Waals surface area contributed by atoms with Crippen LogP contribution in [0, 0.1) is 34.5 Å². The Kier molecular flexibility index (Phi) is 4.75. The zero-order valence-electron chi connectivity index (χ0n) is 18.2. The summed E-state index contributed by atoms with van der Waals surface area (Å²) in [7, 11) is 2.15. The molecule has 4 nitrogen and oxygen atoms in total. The van der Waals surface area contributed by atoms with Gasteiger partial charge in [0.05, 0.1) is 0 Å². The predicted octanol–water partition coefficient (Wildman–Crippen LogP) is 3.89. The second-order valence-electron chi connectivity index (χ2n) is 9.99. The molecule has 4 aliphatic rings. The molecule has 2 saturated carbocycles. The number of ketones is 1. The van der Waals surface area contributed by atoms with Crippen LogP contribution in [-0.2, 0) is 9.59 Å². The molecule has 28 heavy (non-hydrogen) atoms. The molecule has 0 aromatic heterocycles. The maximum Gasteiger partial charge on any atom is 0.226 e. The summed E-state index contributed by atoms with van der Waals surface area (Å²) < 4.78 is 0. The lowest BCUT2D eigenvalue weighted by molar-refractivity contribution is -0.142. The summed E-state index contributed by atoms with van der Waals surface area (Å²) in [5.41, 5.74) is 1.26. The molecule has 154 valence electrons. The van der Waals surface area contributed by atoms with E-state index in [0.29, 0.717) is 23.7 Å². The molecule has 4 heteroatoms. The van der Waals surface area contributed by atoms with Gasteiger partial charge in [-0.05, 0) is 68.8 Å². The summed E-state index contributed by atoms with van der Waals surface area (Å²) in [6, 6.07) is 0. The fraction of sp³-hybridized carbons (Fsp3) is 0.750. The molecule has 0 bridgehead atoms. The largest absolute Gasteiger partial charge is 0.377 e. The first-order valence-electron chi connectivity index (χ1n) is 11.2. The molecule has 0 N–H and O–H groups in total. The normalized spacial score (nSPS) is 41.8. The SMILES string of the molecule is CCN(CC)C(=O)[C@H]1CCC2C3CN(C)C4=CC(=O)C=C[C@]4(C)C3CC[C@@]21C. The fourth-order valence-corrected chi connectivity index (χ4v) is 7.38. The minimum Gasteiger partial charge on any atom is -0.377 e.